The van der Waals surface area contributed by atoms with Crippen LogP contribution in [0.2, 0.25) is 0 Å². The van der Waals surface area contributed by atoms with Crippen LogP contribution >= 0.6 is 0 Å². The lowest BCUT2D eigenvalue weighted by molar-refractivity contribution is 0.0940. The minimum atomic E-state index is -0.892. The van der Waals surface area contributed by atoms with Gasteiger partial charge in [-0.15, -0.1) is 0 Å². The number of fused-ring (bicyclic) bond motifs is 1. The number of para-hydroxylation sites is 2. The van der Waals surface area contributed by atoms with Crippen LogP contribution in [-0.4, -0.2) is 15.9 Å². The summed E-state index contributed by atoms with van der Waals surface area (Å²) in [4.78, 5) is 20.6. The summed E-state index contributed by atoms with van der Waals surface area (Å²) in [5, 5.41) is 11.8. The fraction of sp³-hybridized carbons (Fsp3) is 0.0588. The zero-order valence-corrected chi connectivity index (χ0v) is 11.9. The van der Waals surface area contributed by atoms with Gasteiger partial charge in [-0.3, -0.25) is 9.78 Å². The van der Waals surface area contributed by atoms with Crippen LogP contribution < -0.4 is 5.32 Å². The second kappa shape index (κ2) is 6.20. The standard InChI is InChI=1S/C17H11FN4O/c18-12-7-5-11(6-8-12)15(9-19)22-17(23)16-10-20-13-3-1-2-4-14(13)21-16/h1-8,10,15H,(H,22,23)/t15-/m1/s1. The van der Waals surface area contributed by atoms with E-state index in [1.165, 1.54) is 30.5 Å². The van der Waals surface area contributed by atoms with Crippen LogP contribution in [0.3, 0.4) is 0 Å². The van der Waals surface area contributed by atoms with Crippen molar-refractivity contribution in [2.24, 2.45) is 0 Å². The highest BCUT2D eigenvalue weighted by atomic mass is 19.1. The van der Waals surface area contributed by atoms with Gasteiger partial charge in [0.05, 0.1) is 23.3 Å². The van der Waals surface area contributed by atoms with Crippen molar-refractivity contribution in [1.29, 1.82) is 5.26 Å². The van der Waals surface area contributed by atoms with Crippen molar-refractivity contribution < 1.29 is 9.18 Å². The van der Waals surface area contributed by atoms with Gasteiger partial charge in [0, 0.05) is 0 Å². The molecule has 1 aromatic heterocycles. The zero-order chi connectivity index (χ0) is 16.2. The Morgan fingerprint density at radius 1 is 1.13 bits per heavy atom. The number of amides is 1. The largest absolute Gasteiger partial charge is 0.331 e. The highest BCUT2D eigenvalue weighted by Gasteiger charge is 2.16. The molecule has 0 spiro atoms. The number of nitrogens with zero attached hydrogens (tertiary/aromatic N) is 3. The van der Waals surface area contributed by atoms with Gasteiger partial charge in [0.25, 0.3) is 5.91 Å². The first-order valence-corrected chi connectivity index (χ1v) is 6.85. The molecule has 0 aliphatic rings. The summed E-state index contributed by atoms with van der Waals surface area (Å²) in [6, 6.07) is 13.6. The van der Waals surface area contributed by atoms with Crippen molar-refractivity contribution in [1.82, 2.24) is 15.3 Å². The molecule has 2 aromatic carbocycles. The number of halogens is 1. The lowest BCUT2D eigenvalue weighted by Crippen LogP contribution is -2.28. The number of carbonyl (C=O) groups excluding carboxylic acids is 1. The second-order valence-corrected chi connectivity index (χ2v) is 4.83. The van der Waals surface area contributed by atoms with E-state index < -0.39 is 17.8 Å². The Morgan fingerprint density at radius 2 is 1.83 bits per heavy atom. The van der Waals surface area contributed by atoms with Crippen LogP contribution in [0.1, 0.15) is 22.1 Å². The SMILES string of the molecule is N#C[C@@H](NC(=O)c1cnc2ccccc2n1)c1ccc(F)cc1. The van der Waals surface area contributed by atoms with E-state index in [4.69, 9.17) is 0 Å². The maximum absolute atomic E-state index is 12.9. The quantitative estimate of drug-likeness (QED) is 0.807. The van der Waals surface area contributed by atoms with Gasteiger partial charge in [-0.25, -0.2) is 9.37 Å². The van der Waals surface area contributed by atoms with E-state index in [9.17, 15) is 14.4 Å². The summed E-state index contributed by atoms with van der Waals surface area (Å²) in [5.74, 6) is -0.920. The molecule has 112 valence electrons. The predicted molar refractivity (Wildman–Crippen MR) is 81.8 cm³/mol. The topological polar surface area (TPSA) is 78.7 Å². The third-order valence-corrected chi connectivity index (χ3v) is 3.29. The van der Waals surface area contributed by atoms with Gasteiger partial charge in [-0.1, -0.05) is 24.3 Å². The number of benzene rings is 2. The molecule has 5 nitrogen and oxygen atoms in total. The molecule has 0 unspecified atom stereocenters. The molecule has 0 saturated carbocycles. The van der Waals surface area contributed by atoms with Crippen molar-refractivity contribution in [3.05, 3.63) is 71.8 Å². The number of rotatable bonds is 3. The van der Waals surface area contributed by atoms with Crippen molar-refractivity contribution in [3.8, 4) is 6.07 Å². The minimum Gasteiger partial charge on any atom is -0.331 e. The number of nitriles is 1. The summed E-state index contributed by atoms with van der Waals surface area (Å²) < 4.78 is 12.9. The fourth-order valence-electron chi connectivity index (χ4n) is 2.12. The molecule has 6 heteroatoms. The lowest BCUT2D eigenvalue weighted by atomic mass is 10.1. The normalized spacial score (nSPS) is 11.7. The number of hydrogen-bond acceptors (Lipinski definition) is 4. The highest BCUT2D eigenvalue weighted by molar-refractivity contribution is 5.94. The first-order chi connectivity index (χ1) is 11.2. The molecular formula is C17H11FN4O. The van der Waals surface area contributed by atoms with Crippen molar-refractivity contribution in [2.45, 2.75) is 6.04 Å². The predicted octanol–water partition coefficient (Wildman–Crippen LogP) is 2.76. The summed E-state index contributed by atoms with van der Waals surface area (Å²) in [5.41, 5.74) is 1.89. The summed E-state index contributed by atoms with van der Waals surface area (Å²) >= 11 is 0. The number of aromatic nitrogens is 2. The first-order valence-electron chi connectivity index (χ1n) is 6.85. The van der Waals surface area contributed by atoms with Gasteiger partial charge in [0.15, 0.2) is 0 Å². The Labute approximate surface area is 131 Å². The molecule has 1 N–H and O–H groups in total. The highest BCUT2D eigenvalue weighted by Crippen LogP contribution is 2.14. The Morgan fingerprint density at radius 3 is 2.52 bits per heavy atom. The van der Waals surface area contributed by atoms with E-state index in [2.05, 4.69) is 15.3 Å². The molecule has 0 fully saturated rings. The molecule has 0 aliphatic heterocycles. The molecular weight excluding hydrogens is 295 g/mol. The van der Waals surface area contributed by atoms with Crippen LogP contribution in [0.5, 0.6) is 0 Å². The summed E-state index contributed by atoms with van der Waals surface area (Å²) in [6.07, 6.45) is 1.36. The van der Waals surface area contributed by atoms with E-state index >= 15 is 0 Å². The second-order valence-electron chi connectivity index (χ2n) is 4.83. The molecule has 1 atom stereocenters. The van der Waals surface area contributed by atoms with Gasteiger partial charge >= 0.3 is 0 Å². The summed E-state index contributed by atoms with van der Waals surface area (Å²) in [7, 11) is 0. The van der Waals surface area contributed by atoms with Crippen molar-refractivity contribution in [2.75, 3.05) is 0 Å². The number of nitrogens with one attached hydrogen (secondary N) is 1. The smallest absolute Gasteiger partial charge is 0.272 e. The molecule has 3 aromatic rings. The van der Waals surface area contributed by atoms with E-state index in [1.807, 2.05) is 12.1 Å². The van der Waals surface area contributed by atoms with E-state index in [0.717, 1.165) is 0 Å². The van der Waals surface area contributed by atoms with Crippen molar-refractivity contribution >= 4 is 16.9 Å². The fourth-order valence-corrected chi connectivity index (χ4v) is 2.12. The van der Waals surface area contributed by atoms with Gasteiger partial charge < -0.3 is 5.32 Å². The Bertz CT molecular complexity index is 902. The monoisotopic (exact) mass is 306 g/mol. The maximum Gasteiger partial charge on any atom is 0.272 e. The van der Waals surface area contributed by atoms with Gasteiger partial charge in [-0.05, 0) is 29.8 Å². The van der Waals surface area contributed by atoms with Gasteiger partial charge in [0.1, 0.15) is 17.6 Å². The molecule has 23 heavy (non-hydrogen) atoms. The Kier molecular flexibility index (Phi) is 3.93. The summed E-state index contributed by atoms with van der Waals surface area (Å²) in [6.45, 7) is 0. The number of carbonyl (C=O) groups is 1. The van der Waals surface area contributed by atoms with E-state index in [1.54, 1.807) is 18.2 Å². The average molecular weight is 306 g/mol. The molecule has 0 saturated heterocycles. The average Bonchev–Trinajstić information content (AvgIpc) is 2.60. The third-order valence-electron chi connectivity index (χ3n) is 3.29. The van der Waals surface area contributed by atoms with Gasteiger partial charge in [0.2, 0.25) is 0 Å². The lowest BCUT2D eigenvalue weighted by Gasteiger charge is -2.11. The minimum absolute atomic E-state index is 0.117. The molecule has 0 bridgehead atoms. The van der Waals surface area contributed by atoms with E-state index in [0.29, 0.717) is 16.6 Å². The molecule has 0 aliphatic carbocycles. The zero-order valence-electron chi connectivity index (χ0n) is 11.9. The maximum atomic E-state index is 12.9. The third kappa shape index (κ3) is 3.14. The van der Waals surface area contributed by atoms with Crippen LogP contribution in [0.4, 0.5) is 4.39 Å². The Hall–Kier alpha value is -3.33. The van der Waals surface area contributed by atoms with Gasteiger partial charge in [-0.2, -0.15) is 5.26 Å². The molecule has 1 amide bonds. The number of hydrogen-bond donors (Lipinski definition) is 1. The molecule has 3 rings (SSSR count). The van der Waals surface area contributed by atoms with Crippen LogP contribution in [0, 0.1) is 17.1 Å². The first kappa shape index (κ1) is 14.6. The van der Waals surface area contributed by atoms with E-state index in [-0.39, 0.29) is 5.69 Å². The van der Waals surface area contributed by atoms with Crippen LogP contribution in [0.25, 0.3) is 11.0 Å². The van der Waals surface area contributed by atoms with Crippen molar-refractivity contribution in [3.63, 3.8) is 0 Å². The van der Waals surface area contributed by atoms with Crippen LogP contribution in [0.15, 0.2) is 54.7 Å². The Balaban J connectivity index is 1.83. The van der Waals surface area contributed by atoms with Crippen LogP contribution in [-0.2, 0) is 0 Å². The molecule has 0 radical (unpaired) electrons. The molecule has 1 heterocycles.